The van der Waals surface area contributed by atoms with Crippen molar-refractivity contribution >= 4 is 10.1 Å². The second-order valence-electron chi connectivity index (χ2n) is 2.19. The van der Waals surface area contributed by atoms with Crippen LogP contribution in [0.4, 0.5) is 0 Å². The van der Waals surface area contributed by atoms with Crippen LogP contribution in [0.2, 0.25) is 0 Å². The maximum atomic E-state index is 10.2. The molecule has 4 nitrogen and oxygen atoms in total. The molecule has 0 radical (unpaired) electrons. The van der Waals surface area contributed by atoms with E-state index in [1.54, 1.807) is 0 Å². The molecule has 0 aromatic heterocycles. The van der Waals surface area contributed by atoms with E-state index in [4.69, 9.17) is 9.29 Å². The lowest BCUT2D eigenvalue weighted by Crippen LogP contribution is -2.05. The summed E-state index contributed by atoms with van der Waals surface area (Å²) in [6.45, 7) is 3.08. The minimum atomic E-state index is -3.77. The van der Waals surface area contributed by atoms with Gasteiger partial charge in [0.1, 0.15) is 0 Å². The number of ether oxygens (including phenoxy) is 1. The largest absolute Gasteiger partial charge is 0.382 e. The Morgan fingerprint density at radius 2 is 2.00 bits per heavy atom. The van der Waals surface area contributed by atoms with Crippen molar-refractivity contribution in [2.24, 2.45) is 0 Å². The monoisotopic (exact) mass is 182 g/mol. The van der Waals surface area contributed by atoms with E-state index in [0.717, 1.165) is 0 Å². The van der Waals surface area contributed by atoms with Gasteiger partial charge in [-0.3, -0.25) is 4.55 Å². The van der Waals surface area contributed by atoms with Crippen LogP contribution in [-0.4, -0.2) is 31.9 Å². The molecule has 0 spiro atoms. The smallest absolute Gasteiger partial charge is 0.264 e. The Hall–Kier alpha value is -0.130. The second kappa shape index (κ2) is 5.51. The van der Waals surface area contributed by atoms with Gasteiger partial charge < -0.3 is 4.74 Å². The third kappa shape index (κ3) is 9.87. The van der Waals surface area contributed by atoms with Crippen LogP contribution < -0.4 is 0 Å². The van der Waals surface area contributed by atoms with Crippen molar-refractivity contribution in [1.29, 1.82) is 0 Å². The van der Waals surface area contributed by atoms with Gasteiger partial charge in [0.05, 0.1) is 5.75 Å². The molecule has 0 aromatic rings. The Morgan fingerprint density at radius 3 is 2.45 bits per heavy atom. The van der Waals surface area contributed by atoms with E-state index < -0.39 is 10.1 Å². The maximum Gasteiger partial charge on any atom is 0.264 e. The zero-order valence-electron chi connectivity index (χ0n) is 6.62. The highest BCUT2D eigenvalue weighted by atomic mass is 32.2. The molecule has 0 aliphatic rings. The predicted molar refractivity (Wildman–Crippen MR) is 42.1 cm³/mol. The summed E-state index contributed by atoms with van der Waals surface area (Å²) < 4.78 is 33.6. The highest BCUT2D eigenvalue weighted by Crippen LogP contribution is 1.94. The van der Waals surface area contributed by atoms with Crippen LogP contribution in [0.5, 0.6) is 0 Å². The van der Waals surface area contributed by atoms with E-state index in [1.165, 1.54) is 0 Å². The molecular weight excluding hydrogens is 168 g/mol. The first-order valence-electron chi connectivity index (χ1n) is 3.59. The first-order valence-corrected chi connectivity index (χ1v) is 5.20. The summed E-state index contributed by atoms with van der Waals surface area (Å²) in [5.74, 6) is -0.167. The van der Waals surface area contributed by atoms with Crippen LogP contribution in [0.15, 0.2) is 0 Å². The Bertz CT molecular complexity index is 173. The van der Waals surface area contributed by atoms with Gasteiger partial charge in [0, 0.05) is 13.2 Å². The van der Waals surface area contributed by atoms with Crippen LogP contribution in [0.3, 0.4) is 0 Å². The minimum Gasteiger partial charge on any atom is -0.382 e. The standard InChI is InChI=1S/C6H14O4S/c1-2-10-5-3-4-6-11(7,8)9/h2-6H2,1H3,(H,7,8,9). The van der Waals surface area contributed by atoms with E-state index >= 15 is 0 Å². The molecule has 0 saturated carbocycles. The summed E-state index contributed by atoms with van der Waals surface area (Å²) in [7, 11) is -3.77. The van der Waals surface area contributed by atoms with Gasteiger partial charge in [0.2, 0.25) is 0 Å². The van der Waals surface area contributed by atoms with Crippen molar-refractivity contribution in [3.63, 3.8) is 0 Å². The fraction of sp³-hybridized carbons (Fsp3) is 1.00. The fourth-order valence-electron chi connectivity index (χ4n) is 0.633. The molecule has 0 fully saturated rings. The molecule has 0 bridgehead atoms. The molecule has 0 rings (SSSR count). The Morgan fingerprint density at radius 1 is 1.36 bits per heavy atom. The van der Waals surface area contributed by atoms with Gasteiger partial charge in [0.25, 0.3) is 10.1 Å². The molecule has 0 saturated heterocycles. The van der Waals surface area contributed by atoms with E-state index in [9.17, 15) is 8.42 Å². The predicted octanol–water partition coefficient (Wildman–Crippen LogP) is 0.691. The van der Waals surface area contributed by atoms with Crippen LogP contribution >= 0.6 is 0 Å². The van der Waals surface area contributed by atoms with Gasteiger partial charge in [-0.1, -0.05) is 0 Å². The molecular formula is C6H14O4S. The molecule has 0 unspecified atom stereocenters. The van der Waals surface area contributed by atoms with Gasteiger partial charge in [-0.25, -0.2) is 0 Å². The summed E-state index contributed by atoms with van der Waals surface area (Å²) in [6, 6.07) is 0. The minimum absolute atomic E-state index is 0.167. The molecule has 0 aliphatic heterocycles. The molecule has 68 valence electrons. The van der Waals surface area contributed by atoms with Crippen LogP contribution in [0.25, 0.3) is 0 Å². The van der Waals surface area contributed by atoms with Crippen molar-refractivity contribution in [3.8, 4) is 0 Å². The van der Waals surface area contributed by atoms with Gasteiger partial charge in [-0.05, 0) is 19.8 Å². The van der Waals surface area contributed by atoms with Crippen molar-refractivity contribution in [3.05, 3.63) is 0 Å². The summed E-state index contributed by atoms with van der Waals surface area (Å²) in [5.41, 5.74) is 0. The molecule has 0 heterocycles. The van der Waals surface area contributed by atoms with Gasteiger partial charge in [-0.15, -0.1) is 0 Å². The summed E-state index contributed by atoms with van der Waals surface area (Å²) >= 11 is 0. The number of rotatable bonds is 6. The quantitative estimate of drug-likeness (QED) is 0.485. The highest BCUT2D eigenvalue weighted by Gasteiger charge is 2.02. The Balaban J connectivity index is 3.16. The van der Waals surface area contributed by atoms with Crippen LogP contribution in [0, 0.1) is 0 Å². The molecule has 11 heavy (non-hydrogen) atoms. The van der Waals surface area contributed by atoms with E-state index in [1.807, 2.05) is 6.92 Å². The summed E-state index contributed by atoms with van der Waals surface area (Å²) in [5, 5.41) is 0. The lowest BCUT2D eigenvalue weighted by Gasteiger charge is -1.98. The molecule has 0 aromatic carbocycles. The van der Waals surface area contributed by atoms with Crippen LogP contribution in [-0.2, 0) is 14.9 Å². The first kappa shape index (κ1) is 10.9. The lowest BCUT2D eigenvalue weighted by molar-refractivity contribution is 0.144. The number of hydrogen-bond donors (Lipinski definition) is 1. The number of hydrogen-bond acceptors (Lipinski definition) is 3. The molecule has 1 N–H and O–H groups in total. The topological polar surface area (TPSA) is 63.6 Å². The zero-order valence-corrected chi connectivity index (χ0v) is 7.43. The average Bonchev–Trinajstić information content (AvgIpc) is 1.85. The molecule has 0 atom stereocenters. The van der Waals surface area contributed by atoms with Gasteiger partial charge in [-0.2, -0.15) is 8.42 Å². The molecule has 0 aliphatic carbocycles. The van der Waals surface area contributed by atoms with Crippen molar-refractivity contribution in [2.75, 3.05) is 19.0 Å². The third-order valence-corrected chi connectivity index (χ3v) is 1.95. The second-order valence-corrected chi connectivity index (χ2v) is 3.76. The van der Waals surface area contributed by atoms with Crippen molar-refractivity contribution < 1.29 is 17.7 Å². The summed E-state index contributed by atoms with van der Waals surface area (Å²) in [4.78, 5) is 0. The average molecular weight is 182 g/mol. The van der Waals surface area contributed by atoms with Crippen molar-refractivity contribution in [2.45, 2.75) is 19.8 Å². The summed E-state index contributed by atoms with van der Waals surface area (Å²) in [6.07, 6.45) is 1.13. The van der Waals surface area contributed by atoms with E-state index in [-0.39, 0.29) is 5.75 Å². The maximum absolute atomic E-state index is 10.2. The molecule has 0 amide bonds. The SMILES string of the molecule is CCOCCCCS(=O)(=O)O. The Labute approximate surface area is 67.3 Å². The fourth-order valence-corrected chi connectivity index (χ4v) is 1.20. The lowest BCUT2D eigenvalue weighted by atomic mass is 10.4. The van der Waals surface area contributed by atoms with E-state index in [2.05, 4.69) is 0 Å². The Kier molecular flexibility index (Phi) is 5.45. The van der Waals surface area contributed by atoms with E-state index in [0.29, 0.717) is 26.1 Å². The third-order valence-electron chi connectivity index (χ3n) is 1.15. The first-order chi connectivity index (χ1) is 5.06. The zero-order chi connectivity index (χ0) is 8.74. The normalized spacial score (nSPS) is 11.8. The van der Waals surface area contributed by atoms with Gasteiger partial charge >= 0.3 is 0 Å². The van der Waals surface area contributed by atoms with Crippen molar-refractivity contribution in [1.82, 2.24) is 0 Å². The highest BCUT2D eigenvalue weighted by molar-refractivity contribution is 7.85. The van der Waals surface area contributed by atoms with Crippen LogP contribution in [0.1, 0.15) is 19.8 Å². The molecule has 5 heteroatoms. The van der Waals surface area contributed by atoms with Gasteiger partial charge in [0.15, 0.2) is 0 Å². The number of unbranched alkanes of at least 4 members (excludes halogenated alkanes) is 1.